The highest BCUT2D eigenvalue weighted by atomic mass is 35.5. The highest BCUT2D eigenvalue weighted by Gasteiger charge is 2.36. The normalized spacial score (nSPS) is 14.0. The van der Waals surface area contributed by atoms with Crippen molar-refractivity contribution in [3.8, 4) is 0 Å². The Balaban J connectivity index is 1.58. The fourth-order valence-electron chi connectivity index (χ4n) is 5.83. The second kappa shape index (κ2) is 15.4. The lowest BCUT2D eigenvalue weighted by molar-refractivity contribution is -0.140. The summed E-state index contributed by atoms with van der Waals surface area (Å²) in [6.07, 6.45) is 4.03. The maximum atomic E-state index is 14.7. The lowest BCUT2D eigenvalue weighted by atomic mass is 10.0. The topological polar surface area (TPSA) is 86.8 Å². The van der Waals surface area contributed by atoms with Gasteiger partial charge in [0.25, 0.3) is 10.0 Å². The predicted octanol–water partition coefficient (Wildman–Crippen LogP) is 7.50. The van der Waals surface area contributed by atoms with Gasteiger partial charge in [-0.15, -0.1) is 0 Å². The molecule has 0 spiro atoms. The van der Waals surface area contributed by atoms with Gasteiger partial charge in [-0.05, 0) is 74.2 Å². The average Bonchev–Trinajstić information content (AvgIpc) is 3.56. The van der Waals surface area contributed by atoms with Crippen molar-refractivity contribution in [2.24, 2.45) is 0 Å². The number of carbonyl (C=O) groups is 2. The first-order valence-electron chi connectivity index (χ1n) is 15.7. The maximum absolute atomic E-state index is 14.7. The molecule has 1 atom stereocenters. The molecular formula is C37H39Cl2N3O4S. The van der Waals surface area contributed by atoms with E-state index in [0.29, 0.717) is 21.3 Å². The summed E-state index contributed by atoms with van der Waals surface area (Å²) in [7, 11) is -4.18. The first-order valence-corrected chi connectivity index (χ1v) is 17.9. The molecule has 5 rings (SSSR count). The zero-order valence-electron chi connectivity index (χ0n) is 26.5. The van der Waals surface area contributed by atoms with Crippen LogP contribution in [0.4, 0.5) is 5.69 Å². The van der Waals surface area contributed by atoms with Crippen molar-refractivity contribution >= 4 is 50.7 Å². The van der Waals surface area contributed by atoms with Crippen molar-refractivity contribution < 1.29 is 18.0 Å². The zero-order valence-corrected chi connectivity index (χ0v) is 28.9. The van der Waals surface area contributed by atoms with Crippen LogP contribution >= 0.6 is 23.2 Å². The number of hydrogen-bond acceptors (Lipinski definition) is 4. The molecule has 0 heterocycles. The van der Waals surface area contributed by atoms with Gasteiger partial charge in [-0.25, -0.2) is 8.42 Å². The number of halogens is 2. The van der Waals surface area contributed by atoms with E-state index in [1.807, 2.05) is 44.2 Å². The summed E-state index contributed by atoms with van der Waals surface area (Å²) in [5.41, 5.74) is 3.63. The molecule has 0 unspecified atom stereocenters. The fraction of sp³-hybridized carbons (Fsp3) is 0.297. The third-order valence-corrected chi connectivity index (χ3v) is 10.9. The van der Waals surface area contributed by atoms with Gasteiger partial charge in [0.15, 0.2) is 0 Å². The molecule has 1 aliphatic rings. The first kappa shape index (κ1) is 34.5. The average molecular weight is 693 g/mol. The molecule has 10 heteroatoms. The maximum Gasteiger partial charge on any atom is 0.264 e. The predicted molar refractivity (Wildman–Crippen MR) is 188 cm³/mol. The summed E-state index contributed by atoms with van der Waals surface area (Å²) in [6.45, 7) is 3.21. The number of aryl methyl sites for hydroxylation is 2. The largest absolute Gasteiger partial charge is 0.352 e. The molecule has 1 aliphatic carbocycles. The van der Waals surface area contributed by atoms with Crippen molar-refractivity contribution in [1.29, 1.82) is 0 Å². The van der Waals surface area contributed by atoms with Gasteiger partial charge in [-0.1, -0.05) is 108 Å². The van der Waals surface area contributed by atoms with E-state index in [9.17, 15) is 18.0 Å². The number of nitrogens with zero attached hydrogens (tertiary/aromatic N) is 2. The van der Waals surface area contributed by atoms with Crippen LogP contribution in [0.2, 0.25) is 10.0 Å². The Morgan fingerprint density at radius 2 is 1.47 bits per heavy atom. The number of nitrogens with one attached hydrogen (secondary N) is 1. The Morgan fingerprint density at radius 3 is 2.09 bits per heavy atom. The summed E-state index contributed by atoms with van der Waals surface area (Å²) in [5.74, 6) is -0.836. The highest BCUT2D eigenvalue weighted by Crippen LogP contribution is 2.28. The highest BCUT2D eigenvalue weighted by molar-refractivity contribution is 7.92. The lowest BCUT2D eigenvalue weighted by Gasteiger charge is -2.34. The second-order valence-corrected chi connectivity index (χ2v) is 14.8. The Morgan fingerprint density at radius 1 is 0.851 bits per heavy atom. The van der Waals surface area contributed by atoms with Crippen LogP contribution in [-0.4, -0.2) is 43.8 Å². The molecule has 4 aromatic carbocycles. The van der Waals surface area contributed by atoms with Crippen molar-refractivity contribution in [2.75, 3.05) is 10.8 Å². The van der Waals surface area contributed by atoms with Crippen molar-refractivity contribution in [2.45, 2.75) is 69.5 Å². The van der Waals surface area contributed by atoms with Gasteiger partial charge < -0.3 is 10.2 Å². The van der Waals surface area contributed by atoms with Gasteiger partial charge in [0, 0.05) is 29.1 Å². The number of carbonyl (C=O) groups excluding carboxylic acids is 2. The molecule has 0 bridgehead atoms. The van der Waals surface area contributed by atoms with E-state index in [4.69, 9.17) is 23.2 Å². The molecule has 0 aromatic heterocycles. The number of anilines is 1. The molecule has 4 aromatic rings. The van der Waals surface area contributed by atoms with Gasteiger partial charge in [0.2, 0.25) is 11.8 Å². The van der Waals surface area contributed by atoms with Crippen LogP contribution < -0.4 is 9.62 Å². The quantitative estimate of drug-likeness (QED) is 0.167. The summed E-state index contributed by atoms with van der Waals surface area (Å²) >= 11 is 12.8. The Hall–Kier alpha value is -3.85. The summed E-state index contributed by atoms with van der Waals surface area (Å²) in [4.78, 5) is 30.3. The van der Waals surface area contributed by atoms with E-state index in [1.165, 1.54) is 17.0 Å². The van der Waals surface area contributed by atoms with Crippen LogP contribution in [0.3, 0.4) is 0 Å². The third kappa shape index (κ3) is 8.74. The molecule has 2 amide bonds. The molecule has 246 valence electrons. The molecule has 0 radical (unpaired) electrons. The minimum absolute atomic E-state index is 0.0165. The summed E-state index contributed by atoms with van der Waals surface area (Å²) in [6, 6.07) is 27.0. The van der Waals surface area contributed by atoms with Gasteiger partial charge >= 0.3 is 0 Å². The standard InChI is InChI=1S/C37H39Cl2N3O4S/c1-26-12-18-32(19-13-26)42(47(45,46)33-20-14-27(2)15-21-33)25-36(43)41(24-29-16-17-30(38)23-34(29)39)35(22-28-8-4-3-5-9-28)37(44)40-31-10-6-7-11-31/h3-5,8-9,12-21,23,31,35H,6-7,10-11,22,24-25H2,1-2H3,(H,40,44)/t35-/m0/s1. The van der Waals surface area contributed by atoms with E-state index < -0.39 is 28.5 Å². The van der Waals surface area contributed by atoms with E-state index >= 15 is 0 Å². The molecule has 0 saturated heterocycles. The van der Waals surface area contributed by atoms with Gasteiger partial charge in [-0.2, -0.15) is 0 Å². The molecule has 0 aliphatic heterocycles. The number of hydrogen-bond donors (Lipinski definition) is 1. The number of sulfonamides is 1. The van der Waals surface area contributed by atoms with Gasteiger partial charge in [-0.3, -0.25) is 13.9 Å². The Labute approximate surface area is 287 Å². The molecular weight excluding hydrogens is 653 g/mol. The van der Waals surface area contributed by atoms with Crippen molar-refractivity contribution in [1.82, 2.24) is 10.2 Å². The van der Waals surface area contributed by atoms with Crippen LogP contribution in [0.15, 0.2) is 102 Å². The minimum Gasteiger partial charge on any atom is -0.352 e. The Kier molecular flexibility index (Phi) is 11.3. The van der Waals surface area contributed by atoms with Gasteiger partial charge in [0.05, 0.1) is 10.6 Å². The number of rotatable bonds is 12. The molecule has 1 fully saturated rings. The molecule has 1 N–H and O–H groups in total. The lowest BCUT2D eigenvalue weighted by Crippen LogP contribution is -2.54. The van der Waals surface area contributed by atoms with E-state index in [0.717, 1.165) is 46.7 Å². The van der Waals surface area contributed by atoms with E-state index in [-0.39, 0.29) is 29.8 Å². The van der Waals surface area contributed by atoms with E-state index in [2.05, 4.69) is 5.32 Å². The van der Waals surface area contributed by atoms with Crippen LogP contribution in [0.25, 0.3) is 0 Å². The van der Waals surface area contributed by atoms with E-state index in [1.54, 1.807) is 54.6 Å². The zero-order chi connectivity index (χ0) is 33.6. The van der Waals surface area contributed by atoms with Crippen LogP contribution in [0, 0.1) is 13.8 Å². The summed E-state index contributed by atoms with van der Waals surface area (Å²) < 4.78 is 29.5. The van der Waals surface area contributed by atoms with Gasteiger partial charge in [0.1, 0.15) is 12.6 Å². The molecule has 1 saturated carbocycles. The SMILES string of the molecule is Cc1ccc(N(CC(=O)N(Cc2ccc(Cl)cc2Cl)[C@@H](Cc2ccccc2)C(=O)NC2CCCC2)S(=O)(=O)c2ccc(C)cc2)cc1. The van der Waals surface area contributed by atoms with Crippen LogP contribution in [-0.2, 0) is 32.6 Å². The fourth-order valence-corrected chi connectivity index (χ4v) is 7.71. The first-order chi connectivity index (χ1) is 22.5. The minimum atomic E-state index is -4.18. The van der Waals surface area contributed by atoms with Crippen LogP contribution in [0.5, 0.6) is 0 Å². The molecule has 7 nitrogen and oxygen atoms in total. The monoisotopic (exact) mass is 691 g/mol. The smallest absolute Gasteiger partial charge is 0.264 e. The van der Waals surface area contributed by atoms with Crippen LogP contribution in [0.1, 0.15) is 47.9 Å². The third-order valence-electron chi connectivity index (χ3n) is 8.54. The summed E-state index contributed by atoms with van der Waals surface area (Å²) in [5, 5.41) is 3.95. The molecule has 47 heavy (non-hydrogen) atoms. The Bertz CT molecular complexity index is 1790. The second-order valence-electron chi connectivity index (χ2n) is 12.1. The van der Waals surface area contributed by atoms with Crippen molar-refractivity contribution in [3.05, 3.63) is 129 Å². The van der Waals surface area contributed by atoms with Crippen molar-refractivity contribution in [3.63, 3.8) is 0 Å². The number of amides is 2. The number of benzene rings is 4.